The molecule has 1 saturated carbocycles. The molecule has 98 heavy (non-hydrogen) atoms. The molecule has 11 atom stereocenters. The highest BCUT2D eigenvalue weighted by atomic mass is 35.5. The first-order valence-corrected chi connectivity index (χ1v) is 36.6. The molecule has 7 aromatic carbocycles. The highest BCUT2D eigenvalue weighted by Gasteiger charge is 2.33. The molecule has 0 saturated heterocycles. The van der Waals surface area contributed by atoms with Crippen LogP contribution in [-0.2, 0) is 78.7 Å². The molecule has 0 amide bonds. The van der Waals surface area contributed by atoms with Gasteiger partial charge in [0.2, 0.25) is 0 Å². The Balaban J connectivity index is 0.000000134. The van der Waals surface area contributed by atoms with E-state index in [0.29, 0.717) is 13.2 Å². The first-order valence-electron chi connectivity index (χ1n) is 34.4. The zero-order valence-corrected chi connectivity index (χ0v) is 62.0. The van der Waals surface area contributed by atoms with Crippen molar-refractivity contribution in [3.63, 3.8) is 0 Å². The number of halogens is 6. The maximum atomic E-state index is 6.15. The summed E-state index contributed by atoms with van der Waals surface area (Å²) in [5.41, 5.74) is 42.0. The van der Waals surface area contributed by atoms with E-state index in [0.717, 1.165) is 148 Å². The molecule has 14 nitrogen and oxygen atoms in total. The Bertz CT molecular complexity index is 3360. The van der Waals surface area contributed by atoms with Gasteiger partial charge in [-0.2, -0.15) is 0 Å². The van der Waals surface area contributed by atoms with Crippen molar-refractivity contribution in [3.05, 3.63) is 241 Å². The molecule has 0 radical (unpaired) electrons. The van der Waals surface area contributed by atoms with Crippen molar-refractivity contribution in [3.8, 4) is 0 Å². The Kier molecular flexibility index (Phi) is 30.4. The second-order valence-electron chi connectivity index (χ2n) is 26.1. The summed E-state index contributed by atoms with van der Waals surface area (Å²) in [6, 6.07) is 42.4. The van der Waals surface area contributed by atoms with E-state index in [1.807, 2.05) is 122 Å². The van der Waals surface area contributed by atoms with Crippen molar-refractivity contribution in [1.29, 1.82) is 0 Å². The number of nitrogens with two attached hydrogens (primary N) is 4. The summed E-state index contributed by atoms with van der Waals surface area (Å²) in [6.07, 6.45) is 8.25. The van der Waals surface area contributed by atoms with Gasteiger partial charge in [-0.3, -0.25) is 0 Å². The van der Waals surface area contributed by atoms with Gasteiger partial charge in [-0.15, -0.1) is 0 Å². The Labute approximate surface area is 611 Å². The second-order valence-corrected chi connectivity index (χ2v) is 28.5. The van der Waals surface area contributed by atoms with Gasteiger partial charge >= 0.3 is 0 Å². The van der Waals surface area contributed by atoms with E-state index in [9.17, 15) is 0 Å². The van der Waals surface area contributed by atoms with Crippen LogP contribution in [0.5, 0.6) is 0 Å². The van der Waals surface area contributed by atoms with Gasteiger partial charge in [0, 0.05) is 107 Å². The number of rotatable bonds is 11. The number of benzene rings is 7. The van der Waals surface area contributed by atoms with E-state index < -0.39 is 0 Å². The van der Waals surface area contributed by atoms with Crippen molar-refractivity contribution < 1.29 is 33.2 Å². The summed E-state index contributed by atoms with van der Waals surface area (Å²) < 4.78 is 39.6. The fourth-order valence-corrected chi connectivity index (χ4v) is 15.5. The molecular weight excluding hydrogens is 1360 g/mol. The molecule has 8 aliphatic rings. The van der Waals surface area contributed by atoms with Gasteiger partial charge in [-0.1, -0.05) is 167 Å². The first-order chi connectivity index (χ1) is 47.3. The molecule has 1 aliphatic carbocycles. The highest BCUT2D eigenvalue weighted by Crippen LogP contribution is 2.44. The van der Waals surface area contributed by atoms with Crippen LogP contribution in [0.2, 0.25) is 30.1 Å². The SMILES string of the molecule is CNC[C@@H]1OCc2c(Cl)cccc21.CNC[C@H]1OCc2c(C3CCC3)cccc21.CNC[C@H]1OCc2c(Cl)cccc21.C[C@@H](N)[C@@H]1OCCc2cccc(Cl)c21.C[C@@H](N)[C@H]1OCCc2cccc(Cl)c21.C[C@H](N)[C@@H]1OCCc2cccc(Cl)c21.C[C@H](N)[C@H]1OCCc2cccc(Cl)c21. The number of hydrogen-bond donors (Lipinski definition) is 7. The lowest BCUT2D eigenvalue weighted by Gasteiger charge is -2.29. The highest BCUT2D eigenvalue weighted by molar-refractivity contribution is 6.33. The van der Waals surface area contributed by atoms with Crippen LogP contribution in [0.25, 0.3) is 0 Å². The van der Waals surface area contributed by atoms with Crippen LogP contribution in [-0.4, -0.2) is 91.4 Å². The molecule has 20 heteroatoms. The van der Waals surface area contributed by atoms with E-state index in [1.165, 1.54) is 63.8 Å². The standard InChI is InChI=1S/C14H19NO.4C11H14ClNO.2C10H12ClNO/c1-15-8-14-12-7-3-6-11(10-4-2-5-10)13(12)9-16-14;4*1-7(13)11-10-8(5-6-14-11)3-2-4-9(10)12;2*1-12-5-10-7-3-2-4-9(11)8(7)6-13-10/h3,6-7,10,14-15H,2,4-5,8-9H2,1H3;4*2-4,7,11H,5-6,13H2,1H3;2*2-4,10,12H,5-6H2,1H3/t14-;2*7-,11+;2*7-,11-;2*10-/m1101010/s1. The lowest BCUT2D eigenvalue weighted by atomic mass is 9.77. The van der Waals surface area contributed by atoms with Crippen LogP contribution in [0, 0.1) is 0 Å². The van der Waals surface area contributed by atoms with Crippen molar-refractivity contribution in [2.75, 3.05) is 67.2 Å². The normalized spacial score (nSPS) is 22.4. The second kappa shape index (κ2) is 38.3. The van der Waals surface area contributed by atoms with Crippen molar-refractivity contribution >= 4 is 69.6 Å². The Hall–Kier alpha value is -4.28. The summed E-state index contributed by atoms with van der Waals surface area (Å²) >= 11 is 36.7. The maximum Gasteiger partial charge on any atom is 0.0990 e. The molecule has 0 bridgehead atoms. The summed E-state index contributed by atoms with van der Waals surface area (Å²) in [5, 5.41) is 14.1. The number of fused-ring (bicyclic) bond motifs is 7. The van der Waals surface area contributed by atoms with Crippen LogP contribution < -0.4 is 38.9 Å². The monoisotopic (exact) mass is 1460 g/mol. The van der Waals surface area contributed by atoms with Gasteiger partial charge in [0.15, 0.2) is 0 Å². The van der Waals surface area contributed by atoms with E-state index in [-0.39, 0.29) is 66.9 Å². The fourth-order valence-electron chi connectivity index (χ4n) is 13.8. The smallest absolute Gasteiger partial charge is 0.0990 e. The summed E-state index contributed by atoms with van der Waals surface area (Å²) in [6.45, 7) is 15.4. The van der Waals surface area contributed by atoms with Gasteiger partial charge in [0.05, 0.1) is 89.0 Å². The topological polar surface area (TPSA) is 205 Å². The predicted molar refractivity (Wildman–Crippen MR) is 400 cm³/mol. The van der Waals surface area contributed by atoms with Crippen LogP contribution in [0.15, 0.2) is 127 Å². The van der Waals surface area contributed by atoms with Crippen molar-refractivity contribution in [2.24, 2.45) is 22.9 Å². The molecule has 0 unspecified atom stereocenters. The Morgan fingerprint density at radius 3 is 0.878 bits per heavy atom. The van der Waals surface area contributed by atoms with Gasteiger partial charge < -0.3 is 72.0 Å². The van der Waals surface area contributed by atoms with E-state index in [2.05, 4.69) is 70.5 Å². The Morgan fingerprint density at radius 2 is 0.602 bits per heavy atom. The lowest BCUT2D eigenvalue weighted by molar-refractivity contribution is 0.0285. The number of nitrogens with one attached hydrogen (secondary N) is 3. The number of ether oxygens (including phenoxy) is 7. The van der Waals surface area contributed by atoms with Crippen LogP contribution in [0.3, 0.4) is 0 Å². The first kappa shape index (κ1) is 77.9. The minimum atomic E-state index is -0.0487. The Morgan fingerprint density at radius 1 is 0.347 bits per heavy atom. The summed E-state index contributed by atoms with van der Waals surface area (Å²) in [4.78, 5) is 0. The molecule has 7 heterocycles. The molecule has 11 N–H and O–H groups in total. The molecular formula is C78H99Cl6N7O7. The average molecular weight is 1460 g/mol. The van der Waals surface area contributed by atoms with Crippen LogP contribution >= 0.6 is 69.6 Å². The van der Waals surface area contributed by atoms with E-state index >= 15 is 0 Å². The molecule has 530 valence electrons. The summed E-state index contributed by atoms with van der Waals surface area (Å²) in [7, 11) is 5.83. The zero-order chi connectivity index (χ0) is 70.0. The third kappa shape index (κ3) is 19.7. The fraction of sp³-hybridized carbons (Fsp3) is 0.462. The van der Waals surface area contributed by atoms with Crippen molar-refractivity contribution in [2.45, 2.75) is 165 Å². The zero-order valence-electron chi connectivity index (χ0n) is 57.5. The third-order valence-corrected chi connectivity index (χ3v) is 20.9. The maximum absolute atomic E-state index is 6.15. The number of hydrogen-bond acceptors (Lipinski definition) is 14. The van der Waals surface area contributed by atoms with Gasteiger partial charge in [0.1, 0.15) is 0 Å². The molecule has 0 aromatic heterocycles. The molecule has 7 aliphatic heterocycles. The van der Waals surface area contributed by atoms with Gasteiger partial charge in [-0.05, 0) is 180 Å². The minimum Gasteiger partial charge on any atom is -0.372 e. The quantitative estimate of drug-likeness (QED) is 0.0644. The van der Waals surface area contributed by atoms with E-state index in [4.69, 9.17) is 126 Å². The molecule has 0 spiro atoms. The van der Waals surface area contributed by atoms with Crippen LogP contribution in [0.4, 0.5) is 0 Å². The minimum absolute atomic E-state index is 0.0195. The largest absolute Gasteiger partial charge is 0.372 e. The van der Waals surface area contributed by atoms with E-state index in [1.54, 1.807) is 5.56 Å². The average Bonchev–Trinajstić information content (AvgIpc) is 1.40. The van der Waals surface area contributed by atoms with Crippen molar-refractivity contribution in [1.82, 2.24) is 16.0 Å². The third-order valence-electron chi connectivity index (χ3n) is 18.9. The van der Waals surface area contributed by atoms with Gasteiger partial charge in [-0.25, -0.2) is 0 Å². The summed E-state index contributed by atoms with van der Waals surface area (Å²) in [5.74, 6) is 0.812. The van der Waals surface area contributed by atoms with Gasteiger partial charge in [0.25, 0.3) is 0 Å². The molecule has 7 aromatic rings. The number of likely N-dealkylation sites (N-methyl/N-ethyl adjacent to an activating group) is 3. The molecule has 1 fully saturated rings. The molecule has 15 rings (SSSR count). The lowest BCUT2D eigenvalue weighted by Crippen LogP contribution is -2.31. The van der Waals surface area contributed by atoms with Crippen LogP contribution in [0.1, 0.15) is 179 Å². The predicted octanol–water partition coefficient (Wildman–Crippen LogP) is 16.2.